The molecule has 68 valence electrons. The normalized spacial score (nSPS) is 11.0. The van der Waals surface area contributed by atoms with Gasteiger partial charge in [-0.2, -0.15) is 0 Å². The van der Waals surface area contributed by atoms with Gasteiger partial charge in [-0.15, -0.1) is 0 Å². The Morgan fingerprint density at radius 2 is 2.08 bits per heavy atom. The molecule has 0 saturated carbocycles. The van der Waals surface area contributed by atoms with Gasteiger partial charge in [0, 0.05) is 21.3 Å². The van der Waals surface area contributed by atoms with E-state index >= 15 is 0 Å². The van der Waals surface area contributed by atoms with Gasteiger partial charge in [0.15, 0.2) is 5.58 Å². The Morgan fingerprint density at radius 1 is 1.31 bits per heavy atom. The van der Waals surface area contributed by atoms with Gasteiger partial charge in [-0.05, 0) is 12.1 Å². The van der Waals surface area contributed by atoms with E-state index < -0.39 is 0 Å². The predicted octanol–water partition coefficient (Wildman–Crippen LogP) is 4.63. The van der Waals surface area contributed by atoms with Crippen LogP contribution in [0.5, 0.6) is 0 Å². The van der Waals surface area contributed by atoms with Crippen LogP contribution in [0, 0.1) is 0 Å². The zero-order valence-corrected chi connectivity index (χ0v) is 9.58. The van der Waals surface area contributed by atoms with Crippen molar-refractivity contribution in [3.8, 4) is 0 Å². The van der Waals surface area contributed by atoms with Gasteiger partial charge in [0.25, 0.3) is 0 Å². The van der Waals surface area contributed by atoms with E-state index in [2.05, 4.69) is 15.9 Å². The molecule has 1 nitrogen and oxygen atoms in total. The molecule has 4 heteroatoms. The van der Waals surface area contributed by atoms with E-state index in [4.69, 9.17) is 27.6 Å². The molecule has 0 fully saturated rings. The van der Waals surface area contributed by atoms with E-state index in [-0.39, 0.29) is 0 Å². The summed E-state index contributed by atoms with van der Waals surface area (Å²) in [7, 11) is 0. The van der Waals surface area contributed by atoms with Crippen LogP contribution < -0.4 is 0 Å². The second-order valence-electron chi connectivity index (χ2n) is 2.66. The molecule has 0 radical (unpaired) electrons. The van der Waals surface area contributed by atoms with Crippen molar-refractivity contribution in [1.82, 2.24) is 0 Å². The van der Waals surface area contributed by atoms with Gasteiger partial charge in [-0.3, -0.25) is 0 Å². The molecule has 0 aliphatic heterocycles. The Hall–Kier alpha value is -0.180. The van der Waals surface area contributed by atoms with Crippen molar-refractivity contribution in [2.24, 2.45) is 0 Å². The highest BCUT2D eigenvalue weighted by Crippen LogP contribution is 2.32. The van der Waals surface area contributed by atoms with Gasteiger partial charge >= 0.3 is 0 Å². The van der Waals surface area contributed by atoms with E-state index in [0.717, 1.165) is 16.3 Å². The molecule has 0 atom stereocenters. The minimum atomic E-state index is 0.551. The lowest BCUT2D eigenvalue weighted by atomic mass is 10.2. The van der Waals surface area contributed by atoms with Crippen LogP contribution in [0.4, 0.5) is 0 Å². The Balaban J connectivity index is 2.82. The van der Waals surface area contributed by atoms with E-state index in [1.165, 1.54) is 0 Å². The van der Waals surface area contributed by atoms with Gasteiger partial charge < -0.3 is 4.42 Å². The minimum absolute atomic E-state index is 0.551. The van der Waals surface area contributed by atoms with Gasteiger partial charge in [0.05, 0.1) is 11.3 Å². The van der Waals surface area contributed by atoms with Gasteiger partial charge in [0.1, 0.15) is 0 Å². The average molecular weight is 280 g/mol. The Kier molecular flexibility index (Phi) is 2.54. The Bertz CT molecular complexity index is 450. The zero-order valence-electron chi connectivity index (χ0n) is 6.48. The SMILES string of the molecule is Clc1cc(Cl)c2occ(CBr)c2c1. The molecular weight excluding hydrogens is 275 g/mol. The summed E-state index contributed by atoms with van der Waals surface area (Å²) < 4.78 is 5.31. The van der Waals surface area contributed by atoms with E-state index in [9.17, 15) is 0 Å². The number of benzene rings is 1. The maximum absolute atomic E-state index is 5.94. The van der Waals surface area contributed by atoms with Crippen LogP contribution in [-0.2, 0) is 5.33 Å². The molecule has 0 aliphatic rings. The summed E-state index contributed by atoms with van der Waals surface area (Å²) in [4.78, 5) is 0. The molecule has 0 spiro atoms. The number of fused-ring (bicyclic) bond motifs is 1. The van der Waals surface area contributed by atoms with Crippen LogP contribution in [0.15, 0.2) is 22.8 Å². The first-order valence-corrected chi connectivity index (χ1v) is 5.51. The van der Waals surface area contributed by atoms with Crippen molar-refractivity contribution in [3.63, 3.8) is 0 Å². The summed E-state index contributed by atoms with van der Waals surface area (Å²) in [6, 6.07) is 3.52. The summed E-state index contributed by atoms with van der Waals surface area (Å²) in [6.07, 6.45) is 1.68. The smallest absolute Gasteiger partial charge is 0.152 e. The maximum Gasteiger partial charge on any atom is 0.152 e. The van der Waals surface area contributed by atoms with E-state index in [0.29, 0.717) is 15.6 Å². The van der Waals surface area contributed by atoms with E-state index in [1.54, 1.807) is 12.3 Å². The molecule has 1 aromatic heterocycles. The van der Waals surface area contributed by atoms with Gasteiger partial charge in [-0.1, -0.05) is 39.1 Å². The van der Waals surface area contributed by atoms with Gasteiger partial charge in [0.2, 0.25) is 0 Å². The molecular formula is C9H5BrCl2O. The molecule has 2 rings (SSSR count). The minimum Gasteiger partial charge on any atom is -0.462 e. The van der Waals surface area contributed by atoms with Crippen molar-refractivity contribution >= 4 is 50.1 Å². The number of rotatable bonds is 1. The van der Waals surface area contributed by atoms with Crippen LogP contribution in [0.2, 0.25) is 10.0 Å². The molecule has 1 aromatic carbocycles. The van der Waals surface area contributed by atoms with Crippen molar-refractivity contribution in [2.75, 3.05) is 0 Å². The summed E-state index contributed by atoms with van der Waals surface area (Å²) in [6.45, 7) is 0. The molecule has 0 bridgehead atoms. The second-order valence-corrected chi connectivity index (χ2v) is 4.06. The van der Waals surface area contributed by atoms with Crippen LogP contribution in [0.3, 0.4) is 0 Å². The summed E-state index contributed by atoms with van der Waals surface area (Å²) in [5, 5.41) is 2.88. The topological polar surface area (TPSA) is 13.1 Å². The molecule has 0 aliphatic carbocycles. The second kappa shape index (κ2) is 3.52. The lowest BCUT2D eigenvalue weighted by Crippen LogP contribution is -1.74. The molecule has 1 heterocycles. The fraction of sp³-hybridized carbons (Fsp3) is 0.111. The lowest BCUT2D eigenvalue weighted by molar-refractivity contribution is 0.613. The fourth-order valence-corrected chi connectivity index (χ4v) is 2.19. The third kappa shape index (κ3) is 1.58. The molecule has 13 heavy (non-hydrogen) atoms. The number of hydrogen-bond acceptors (Lipinski definition) is 1. The maximum atomic E-state index is 5.94. The van der Waals surface area contributed by atoms with Crippen LogP contribution in [0.25, 0.3) is 11.0 Å². The van der Waals surface area contributed by atoms with E-state index in [1.807, 2.05) is 6.07 Å². The fourth-order valence-electron chi connectivity index (χ4n) is 1.22. The zero-order chi connectivity index (χ0) is 9.42. The number of alkyl halides is 1. The molecule has 0 N–H and O–H groups in total. The largest absolute Gasteiger partial charge is 0.462 e. The Morgan fingerprint density at radius 3 is 2.77 bits per heavy atom. The highest BCUT2D eigenvalue weighted by molar-refractivity contribution is 9.08. The van der Waals surface area contributed by atoms with Crippen molar-refractivity contribution in [1.29, 1.82) is 0 Å². The highest BCUT2D eigenvalue weighted by atomic mass is 79.9. The highest BCUT2D eigenvalue weighted by Gasteiger charge is 2.09. The summed E-state index contributed by atoms with van der Waals surface area (Å²) in [5.74, 6) is 0. The third-order valence-corrected chi connectivity index (χ3v) is 2.92. The van der Waals surface area contributed by atoms with Crippen LogP contribution in [0.1, 0.15) is 5.56 Å². The standard InChI is InChI=1S/C9H5BrCl2O/c10-3-5-4-13-9-7(5)1-6(11)2-8(9)12/h1-2,4H,3H2. The van der Waals surface area contributed by atoms with Crippen molar-refractivity contribution in [2.45, 2.75) is 5.33 Å². The van der Waals surface area contributed by atoms with Crippen LogP contribution in [-0.4, -0.2) is 0 Å². The Labute approximate surface area is 93.7 Å². The monoisotopic (exact) mass is 278 g/mol. The first-order valence-electron chi connectivity index (χ1n) is 3.63. The quantitative estimate of drug-likeness (QED) is 0.694. The predicted molar refractivity (Wildman–Crippen MR) is 58.9 cm³/mol. The molecule has 0 unspecified atom stereocenters. The first-order chi connectivity index (χ1) is 6.22. The summed E-state index contributed by atoms with van der Waals surface area (Å²) >= 11 is 15.2. The van der Waals surface area contributed by atoms with Gasteiger partial charge in [-0.25, -0.2) is 0 Å². The third-order valence-electron chi connectivity index (χ3n) is 1.82. The lowest BCUT2D eigenvalue weighted by Gasteiger charge is -1.95. The van der Waals surface area contributed by atoms with Crippen LogP contribution >= 0.6 is 39.1 Å². The molecule has 0 amide bonds. The number of halogens is 3. The molecule has 0 saturated heterocycles. The number of hydrogen-bond donors (Lipinski definition) is 0. The summed E-state index contributed by atoms with van der Waals surface area (Å²) in [5.41, 5.74) is 1.75. The molecule has 2 aromatic rings. The average Bonchev–Trinajstić information content (AvgIpc) is 2.47. The van der Waals surface area contributed by atoms with Crippen molar-refractivity contribution < 1.29 is 4.42 Å². The van der Waals surface area contributed by atoms with Crippen molar-refractivity contribution in [3.05, 3.63) is 34.0 Å². The number of furan rings is 1. The first kappa shape index (κ1) is 9.38.